The third-order valence-electron chi connectivity index (χ3n) is 3.59. The molecular weight excluding hydrogens is 227 g/mol. The first-order valence-electron chi connectivity index (χ1n) is 6.30. The number of hydrogen-bond donors (Lipinski definition) is 0. The van der Waals surface area contributed by atoms with Crippen molar-refractivity contribution in [2.24, 2.45) is 0 Å². The van der Waals surface area contributed by atoms with Gasteiger partial charge in [0.05, 0.1) is 6.26 Å². The summed E-state index contributed by atoms with van der Waals surface area (Å²) in [5.74, 6) is 1.45. The normalized spacial score (nSPS) is 23.2. The van der Waals surface area contributed by atoms with Crippen LogP contribution in [-0.4, -0.2) is 0 Å². The van der Waals surface area contributed by atoms with Gasteiger partial charge in [-0.15, -0.1) is 0 Å². The third kappa shape index (κ3) is 2.10. The highest BCUT2D eigenvalue weighted by Gasteiger charge is 2.26. The maximum absolute atomic E-state index is 13.0. The van der Waals surface area contributed by atoms with Crippen LogP contribution in [0.15, 0.2) is 59.2 Å². The fourth-order valence-electron chi connectivity index (χ4n) is 2.69. The zero-order valence-corrected chi connectivity index (χ0v) is 10.1. The first kappa shape index (κ1) is 11.3. The molecule has 2 heteroatoms. The van der Waals surface area contributed by atoms with Crippen molar-refractivity contribution in [1.82, 2.24) is 0 Å². The molecule has 0 saturated carbocycles. The van der Waals surface area contributed by atoms with Crippen LogP contribution in [0.4, 0.5) is 4.39 Å². The molecule has 92 valence electrons. The van der Waals surface area contributed by atoms with E-state index in [4.69, 9.17) is 4.42 Å². The van der Waals surface area contributed by atoms with Gasteiger partial charge in [0.25, 0.3) is 0 Å². The third-order valence-corrected chi connectivity index (χ3v) is 3.59. The zero-order valence-electron chi connectivity index (χ0n) is 10.1. The standard InChI is InChI=1S/C16H15FO/c17-13-9-7-12(8-10-13)14-4-1-2-5-15(14)16-6-3-11-18-16/h2-3,5-11,14-15H,1,4H2. The van der Waals surface area contributed by atoms with Gasteiger partial charge in [0.2, 0.25) is 0 Å². The van der Waals surface area contributed by atoms with Gasteiger partial charge in [0.1, 0.15) is 11.6 Å². The van der Waals surface area contributed by atoms with E-state index in [1.807, 2.05) is 24.3 Å². The second-order valence-electron chi connectivity index (χ2n) is 4.70. The Kier molecular flexibility index (Phi) is 3.01. The largest absolute Gasteiger partial charge is 0.469 e. The van der Waals surface area contributed by atoms with Crippen LogP contribution in [0.25, 0.3) is 0 Å². The number of halogens is 1. The lowest BCUT2D eigenvalue weighted by molar-refractivity contribution is 0.436. The minimum atomic E-state index is -0.181. The predicted octanol–water partition coefficient (Wildman–Crippen LogP) is 4.64. The van der Waals surface area contributed by atoms with E-state index in [-0.39, 0.29) is 11.7 Å². The van der Waals surface area contributed by atoms with E-state index in [9.17, 15) is 4.39 Å². The van der Waals surface area contributed by atoms with Crippen LogP contribution in [0.5, 0.6) is 0 Å². The second-order valence-corrected chi connectivity index (χ2v) is 4.70. The number of benzene rings is 1. The highest BCUT2D eigenvalue weighted by molar-refractivity contribution is 5.29. The van der Waals surface area contributed by atoms with Crippen molar-refractivity contribution in [3.05, 3.63) is 72.0 Å². The Morgan fingerprint density at radius 3 is 2.67 bits per heavy atom. The van der Waals surface area contributed by atoms with Gasteiger partial charge >= 0.3 is 0 Å². The smallest absolute Gasteiger partial charge is 0.123 e. The molecule has 1 aliphatic carbocycles. The summed E-state index contributed by atoms with van der Waals surface area (Å²) >= 11 is 0. The Balaban J connectivity index is 1.94. The van der Waals surface area contributed by atoms with E-state index < -0.39 is 0 Å². The summed E-state index contributed by atoms with van der Waals surface area (Å²) < 4.78 is 18.5. The maximum Gasteiger partial charge on any atom is 0.123 e. The zero-order chi connectivity index (χ0) is 12.4. The molecule has 3 rings (SSSR count). The van der Waals surface area contributed by atoms with E-state index in [0.29, 0.717) is 5.92 Å². The van der Waals surface area contributed by atoms with Crippen molar-refractivity contribution in [2.75, 3.05) is 0 Å². The molecule has 0 radical (unpaired) electrons. The molecule has 0 amide bonds. The fraction of sp³-hybridized carbons (Fsp3) is 0.250. The lowest BCUT2D eigenvalue weighted by atomic mass is 9.78. The monoisotopic (exact) mass is 242 g/mol. The lowest BCUT2D eigenvalue weighted by Crippen LogP contribution is -2.12. The first-order chi connectivity index (χ1) is 8.84. The van der Waals surface area contributed by atoms with E-state index >= 15 is 0 Å². The van der Waals surface area contributed by atoms with Gasteiger partial charge in [-0.3, -0.25) is 0 Å². The van der Waals surface area contributed by atoms with Gasteiger partial charge in [-0.2, -0.15) is 0 Å². The van der Waals surface area contributed by atoms with Crippen molar-refractivity contribution in [3.63, 3.8) is 0 Å². The highest BCUT2D eigenvalue weighted by Crippen LogP contribution is 2.40. The molecule has 2 atom stereocenters. The molecule has 0 fully saturated rings. The van der Waals surface area contributed by atoms with Gasteiger partial charge < -0.3 is 4.42 Å². The molecule has 1 aromatic heterocycles. The number of rotatable bonds is 2. The molecule has 0 saturated heterocycles. The van der Waals surface area contributed by atoms with Crippen LogP contribution in [0.1, 0.15) is 36.0 Å². The van der Waals surface area contributed by atoms with Crippen LogP contribution in [0.2, 0.25) is 0 Å². The van der Waals surface area contributed by atoms with Gasteiger partial charge in [-0.05, 0) is 48.6 Å². The van der Waals surface area contributed by atoms with Crippen molar-refractivity contribution in [2.45, 2.75) is 24.7 Å². The summed E-state index contributed by atoms with van der Waals surface area (Å²) in [5, 5.41) is 0. The van der Waals surface area contributed by atoms with Crippen LogP contribution >= 0.6 is 0 Å². The molecular formula is C16H15FO. The van der Waals surface area contributed by atoms with Crippen LogP contribution in [0.3, 0.4) is 0 Å². The van der Waals surface area contributed by atoms with Gasteiger partial charge in [0.15, 0.2) is 0 Å². The molecule has 2 aromatic rings. The molecule has 0 bridgehead atoms. The summed E-state index contributed by atoms with van der Waals surface area (Å²) in [4.78, 5) is 0. The molecule has 1 aliphatic rings. The van der Waals surface area contributed by atoms with Crippen LogP contribution in [0, 0.1) is 5.82 Å². The average Bonchev–Trinajstić information content (AvgIpc) is 2.93. The Morgan fingerprint density at radius 1 is 1.11 bits per heavy atom. The molecule has 0 N–H and O–H groups in total. The molecule has 1 heterocycles. The topological polar surface area (TPSA) is 13.1 Å². The van der Waals surface area contributed by atoms with Crippen molar-refractivity contribution >= 4 is 0 Å². The van der Waals surface area contributed by atoms with Crippen molar-refractivity contribution in [1.29, 1.82) is 0 Å². The summed E-state index contributed by atoms with van der Waals surface area (Å²) in [6.07, 6.45) is 8.26. The quantitative estimate of drug-likeness (QED) is 0.699. The molecule has 2 unspecified atom stereocenters. The Labute approximate surface area is 106 Å². The minimum Gasteiger partial charge on any atom is -0.469 e. The van der Waals surface area contributed by atoms with Crippen molar-refractivity contribution < 1.29 is 8.81 Å². The molecule has 1 nitrogen and oxygen atoms in total. The van der Waals surface area contributed by atoms with Gasteiger partial charge in [0, 0.05) is 5.92 Å². The molecule has 18 heavy (non-hydrogen) atoms. The predicted molar refractivity (Wildman–Crippen MR) is 69.0 cm³/mol. The Hall–Kier alpha value is -1.83. The molecule has 1 aromatic carbocycles. The van der Waals surface area contributed by atoms with Gasteiger partial charge in [-0.1, -0.05) is 24.3 Å². The Bertz CT molecular complexity index is 525. The summed E-state index contributed by atoms with van der Waals surface area (Å²) in [6.45, 7) is 0. The molecule has 0 spiro atoms. The lowest BCUT2D eigenvalue weighted by Gasteiger charge is -2.26. The fourth-order valence-corrected chi connectivity index (χ4v) is 2.69. The minimum absolute atomic E-state index is 0.181. The van der Waals surface area contributed by atoms with E-state index in [2.05, 4.69) is 12.2 Å². The highest BCUT2D eigenvalue weighted by atomic mass is 19.1. The van der Waals surface area contributed by atoms with E-state index in [0.717, 1.165) is 18.6 Å². The average molecular weight is 242 g/mol. The molecule has 0 aliphatic heterocycles. The summed E-state index contributed by atoms with van der Waals surface area (Å²) in [7, 11) is 0. The van der Waals surface area contributed by atoms with Crippen LogP contribution in [-0.2, 0) is 0 Å². The van der Waals surface area contributed by atoms with E-state index in [1.54, 1.807) is 6.26 Å². The van der Waals surface area contributed by atoms with Gasteiger partial charge in [-0.25, -0.2) is 4.39 Å². The summed E-state index contributed by atoms with van der Waals surface area (Å²) in [5.41, 5.74) is 1.18. The number of furan rings is 1. The van der Waals surface area contributed by atoms with Crippen molar-refractivity contribution in [3.8, 4) is 0 Å². The summed E-state index contributed by atoms with van der Waals surface area (Å²) in [6, 6.07) is 10.8. The number of hydrogen-bond acceptors (Lipinski definition) is 1. The SMILES string of the molecule is Fc1ccc(C2CCC=CC2c2ccco2)cc1. The van der Waals surface area contributed by atoms with Crippen LogP contribution < -0.4 is 0 Å². The van der Waals surface area contributed by atoms with E-state index in [1.165, 1.54) is 17.7 Å². The number of allylic oxidation sites excluding steroid dienone is 2. The first-order valence-corrected chi connectivity index (χ1v) is 6.30. The second kappa shape index (κ2) is 4.81. The maximum atomic E-state index is 13.0. The Morgan fingerprint density at radius 2 is 1.94 bits per heavy atom.